The molecular weight excluding hydrogens is 208 g/mol. The van der Waals surface area contributed by atoms with Crippen molar-refractivity contribution in [3.05, 3.63) is 0 Å². The molecule has 0 aromatic rings. The van der Waals surface area contributed by atoms with Gasteiger partial charge in [-0.1, -0.05) is 13.8 Å². The Labute approximate surface area is 95.6 Å². The van der Waals surface area contributed by atoms with Gasteiger partial charge in [-0.2, -0.15) is 0 Å². The SMILES string of the molecule is CC(C)[C@H](N)C(=O)N1CCCC1CC(=O)O. The molecule has 0 radical (unpaired) electrons. The molecule has 1 rings (SSSR count). The Morgan fingerprint density at radius 1 is 1.50 bits per heavy atom. The number of aliphatic carboxylic acids is 1. The van der Waals surface area contributed by atoms with Crippen molar-refractivity contribution in [3.63, 3.8) is 0 Å². The van der Waals surface area contributed by atoms with Crippen molar-refractivity contribution < 1.29 is 14.7 Å². The Bertz CT molecular complexity index is 278. The smallest absolute Gasteiger partial charge is 0.305 e. The second kappa shape index (κ2) is 5.30. The Hall–Kier alpha value is -1.10. The first-order chi connectivity index (χ1) is 7.43. The predicted octanol–water partition coefficient (Wildman–Crippen LogP) is 0.435. The average Bonchev–Trinajstić information content (AvgIpc) is 2.62. The molecule has 0 aromatic heterocycles. The fraction of sp³-hybridized carbons (Fsp3) is 0.818. The second-order valence-electron chi connectivity index (χ2n) is 4.70. The molecule has 1 heterocycles. The number of carboxylic acids is 1. The topological polar surface area (TPSA) is 83.6 Å². The molecule has 3 N–H and O–H groups in total. The third-order valence-electron chi connectivity index (χ3n) is 3.07. The second-order valence-corrected chi connectivity index (χ2v) is 4.70. The van der Waals surface area contributed by atoms with Crippen LogP contribution in [0.15, 0.2) is 0 Å². The summed E-state index contributed by atoms with van der Waals surface area (Å²) in [5.41, 5.74) is 5.79. The molecule has 0 spiro atoms. The van der Waals surface area contributed by atoms with E-state index in [1.165, 1.54) is 0 Å². The number of likely N-dealkylation sites (tertiary alicyclic amines) is 1. The first-order valence-electron chi connectivity index (χ1n) is 5.71. The number of rotatable bonds is 4. The normalized spacial score (nSPS) is 22.5. The Morgan fingerprint density at radius 2 is 2.12 bits per heavy atom. The van der Waals surface area contributed by atoms with Crippen LogP contribution in [0.25, 0.3) is 0 Å². The van der Waals surface area contributed by atoms with E-state index < -0.39 is 12.0 Å². The fourth-order valence-electron chi connectivity index (χ4n) is 2.02. The minimum absolute atomic E-state index is 0.0244. The summed E-state index contributed by atoms with van der Waals surface area (Å²) in [4.78, 5) is 24.3. The highest BCUT2D eigenvalue weighted by Gasteiger charge is 2.33. The lowest BCUT2D eigenvalue weighted by Crippen LogP contribution is -2.48. The Kier molecular flexibility index (Phi) is 4.29. The van der Waals surface area contributed by atoms with E-state index in [1.54, 1.807) is 4.90 Å². The summed E-state index contributed by atoms with van der Waals surface area (Å²) in [6.45, 7) is 4.42. The summed E-state index contributed by atoms with van der Waals surface area (Å²) >= 11 is 0. The zero-order valence-corrected chi connectivity index (χ0v) is 9.85. The van der Waals surface area contributed by atoms with Crippen LogP contribution in [-0.4, -0.2) is 40.5 Å². The van der Waals surface area contributed by atoms with Crippen LogP contribution in [0, 0.1) is 5.92 Å². The van der Waals surface area contributed by atoms with Crippen LogP contribution in [0.4, 0.5) is 0 Å². The maximum absolute atomic E-state index is 12.0. The van der Waals surface area contributed by atoms with E-state index in [0.717, 1.165) is 12.8 Å². The molecule has 5 nitrogen and oxygen atoms in total. The quantitative estimate of drug-likeness (QED) is 0.731. The van der Waals surface area contributed by atoms with Crippen LogP contribution in [0.2, 0.25) is 0 Å². The van der Waals surface area contributed by atoms with Gasteiger partial charge in [0.1, 0.15) is 0 Å². The van der Waals surface area contributed by atoms with Gasteiger partial charge in [-0.15, -0.1) is 0 Å². The molecule has 0 aliphatic carbocycles. The molecular formula is C11H20N2O3. The van der Waals surface area contributed by atoms with Crippen molar-refractivity contribution in [3.8, 4) is 0 Å². The zero-order valence-electron chi connectivity index (χ0n) is 9.85. The van der Waals surface area contributed by atoms with Crippen molar-refractivity contribution >= 4 is 11.9 Å². The summed E-state index contributed by atoms with van der Waals surface area (Å²) in [6, 6.07) is -0.691. The van der Waals surface area contributed by atoms with Gasteiger partial charge in [0, 0.05) is 12.6 Å². The predicted molar refractivity (Wildman–Crippen MR) is 59.8 cm³/mol. The van der Waals surface area contributed by atoms with Crippen molar-refractivity contribution in [2.24, 2.45) is 11.7 Å². The van der Waals surface area contributed by atoms with Gasteiger partial charge in [0.05, 0.1) is 12.5 Å². The van der Waals surface area contributed by atoms with E-state index in [0.29, 0.717) is 6.54 Å². The maximum Gasteiger partial charge on any atom is 0.305 e. The molecule has 0 bridgehead atoms. The molecule has 0 saturated carbocycles. The molecule has 1 amide bonds. The molecule has 1 fully saturated rings. The lowest BCUT2D eigenvalue weighted by Gasteiger charge is -2.27. The zero-order chi connectivity index (χ0) is 12.3. The summed E-state index contributed by atoms with van der Waals surface area (Å²) in [5.74, 6) is -0.889. The first kappa shape index (κ1) is 13.0. The van der Waals surface area contributed by atoms with Gasteiger partial charge in [0.15, 0.2) is 0 Å². The van der Waals surface area contributed by atoms with E-state index in [1.807, 2.05) is 13.8 Å². The lowest BCUT2D eigenvalue weighted by molar-refractivity contribution is -0.140. The molecule has 92 valence electrons. The van der Waals surface area contributed by atoms with Crippen LogP contribution in [0.3, 0.4) is 0 Å². The number of nitrogens with two attached hydrogens (primary N) is 1. The number of hydrogen-bond acceptors (Lipinski definition) is 3. The van der Waals surface area contributed by atoms with Crippen molar-refractivity contribution in [1.82, 2.24) is 4.90 Å². The summed E-state index contributed by atoms with van der Waals surface area (Å²) in [7, 11) is 0. The van der Waals surface area contributed by atoms with E-state index in [2.05, 4.69) is 0 Å². The maximum atomic E-state index is 12.0. The number of hydrogen-bond donors (Lipinski definition) is 2. The van der Waals surface area contributed by atoms with Crippen molar-refractivity contribution in [2.75, 3.05) is 6.54 Å². The molecule has 0 aromatic carbocycles. The number of nitrogens with zero attached hydrogens (tertiary/aromatic N) is 1. The molecule has 16 heavy (non-hydrogen) atoms. The highest BCUT2D eigenvalue weighted by atomic mass is 16.4. The summed E-state index contributed by atoms with van der Waals surface area (Å²) in [5, 5.41) is 8.75. The van der Waals surface area contributed by atoms with Gasteiger partial charge in [-0.05, 0) is 18.8 Å². The molecule has 1 aliphatic heterocycles. The lowest BCUT2D eigenvalue weighted by atomic mass is 10.0. The third-order valence-corrected chi connectivity index (χ3v) is 3.07. The van der Waals surface area contributed by atoms with Crippen molar-refractivity contribution in [1.29, 1.82) is 0 Å². The van der Waals surface area contributed by atoms with Crippen LogP contribution in [0.1, 0.15) is 33.1 Å². The molecule has 1 aliphatic rings. The van der Waals surface area contributed by atoms with Gasteiger partial charge < -0.3 is 15.7 Å². The molecule has 1 saturated heterocycles. The highest BCUT2D eigenvalue weighted by molar-refractivity contribution is 5.83. The molecule has 5 heteroatoms. The van der Waals surface area contributed by atoms with E-state index in [-0.39, 0.29) is 24.3 Å². The van der Waals surface area contributed by atoms with Crippen molar-refractivity contribution in [2.45, 2.75) is 45.2 Å². The van der Waals surface area contributed by atoms with Gasteiger partial charge in [0.25, 0.3) is 0 Å². The van der Waals surface area contributed by atoms with E-state index in [9.17, 15) is 9.59 Å². The number of amides is 1. The number of carbonyl (C=O) groups excluding carboxylic acids is 1. The third kappa shape index (κ3) is 2.95. The van der Waals surface area contributed by atoms with Crippen LogP contribution < -0.4 is 5.73 Å². The number of carboxylic acid groups (broad SMARTS) is 1. The van der Waals surface area contributed by atoms with Crippen LogP contribution >= 0.6 is 0 Å². The summed E-state index contributed by atoms with van der Waals surface area (Å²) in [6.07, 6.45) is 1.66. The summed E-state index contributed by atoms with van der Waals surface area (Å²) < 4.78 is 0. The van der Waals surface area contributed by atoms with Gasteiger partial charge in [-0.25, -0.2) is 0 Å². The van der Waals surface area contributed by atoms with Gasteiger partial charge >= 0.3 is 5.97 Å². The van der Waals surface area contributed by atoms with Crippen LogP contribution in [0.5, 0.6) is 0 Å². The monoisotopic (exact) mass is 228 g/mol. The van der Waals surface area contributed by atoms with E-state index in [4.69, 9.17) is 10.8 Å². The minimum Gasteiger partial charge on any atom is -0.481 e. The van der Waals surface area contributed by atoms with Gasteiger partial charge in [0.2, 0.25) is 5.91 Å². The molecule has 1 unspecified atom stereocenters. The first-order valence-corrected chi connectivity index (χ1v) is 5.71. The highest BCUT2D eigenvalue weighted by Crippen LogP contribution is 2.21. The number of carbonyl (C=O) groups is 2. The average molecular weight is 228 g/mol. The fourth-order valence-corrected chi connectivity index (χ4v) is 2.02. The standard InChI is InChI=1S/C11H20N2O3/c1-7(2)10(12)11(16)13-5-3-4-8(13)6-9(14)15/h7-8,10H,3-6,12H2,1-2H3,(H,14,15)/t8?,10-/m0/s1. The Balaban J connectivity index is 2.64. The van der Waals surface area contributed by atoms with E-state index >= 15 is 0 Å². The van der Waals surface area contributed by atoms with Crippen LogP contribution in [-0.2, 0) is 9.59 Å². The minimum atomic E-state index is -0.859. The van der Waals surface area contributed by atoms with Gasteiger partial charge in [-0.3, -0.25) is 9.59 Å². The Morgan fingerprint density at radius 3 is 2.62 bits per heavy atom. The largest absolute Gasteiger partial charge is 0.481 e. The molecule has 2 atom stereocenters.